The van der Waals surface area contributed by atoms with E-state index in [4.69, 9.17) is 0 Å². The highest BCUT2D eigenvalue weighted by atomic mass is 32.2. The van der Waals surface area contributed by atoms with Crippen molar-refractivity contribution in [1.82, 2.24) is 18.8 Å². The van der Waals surface area contributed by atoms with Crippen molar-refractivity contribution in [1.29, 1.82) is 0 Å². The standard InChI is InChI=1S/C17H20N4O3S2/c1-20(2)26(23,24)13-8-9-16(18-12-13)25-11-5-10-21-15-7-4-3-6-14(15)19-17(21)22/h3-4,6-9,12H,5,10-11H2,1-2H3,(H,19,22). The Hall–Kier alpha value is -2.10. The largest absolute Gasteiger partial charge is 0.326 e. The van der Waals surface area contributed by atoms with Crippen molar-refractivity contribution in [3.63, 3.8) is 0 Å². The number of sulfonamides is 1. The van der Waals surface area contributed by atoms with Crippen molar-refractivity contribution in [2.24, 2.45) is 0 Å². The first-order valence-electron chi connectivity index (χ1n) is 8.08. The first-order chi connectivity index (χ1) is 12.4. The average Bonchev–Trinajstić information content (AvgIpc) is 2.94. The SMILES string of the molecule is CN(C)S(=O)(=O)c1ccc(SCCCn2c(=O)[nH]c3ccccc32)nc1. The lowest BCUT2D eigenvalue weighted by Crippen LogP contribution is -2.22. The molecule has 0 saturated carbocycles. The highest BCUT2D eigenvalue weighted by Crippen LogP contribution is 2.20. The number of nitrogens with one attached hydrogen (secondary N) is 1. The number of rotatable bonds is 7. The Morgan fingerprint density at radius 3 is 2.65 bits per heavy atom. The van der Waals surface area contributed by atoms with E-state index in [9.17, 15) is 13.2 Å². The van der Waals surface area contributed by atoms with Gasteiger partial charge in [-0.2, -0.15) is 0 Å². The number of aromatic nitrogens is 3. The number of H-pyrrole nitrogens is 1. The van der Waals surface area contributed by atoms with Crippen molar-refractivity contribution in [3.05, 3.63) is 53.1 Å². The molecule has 0 spiro atoms. The van der Waals surface area contributed by atoms with Gasteiger partial charge in [0.1, 0.15) is 4.90 Å². The second-order valence-corrected chi connectivity index (χ2v) is 9.19. The van der Waals surface area contributed by atoms with Crippen LogP contribution in [0.5, 0.6) is 0 Å². The molecule has 1 aromatic carbocycles. The molecule has 7 nitrogen and oxygen atoms in total. The molecule has 9 heteroatoms. The van der Waals surface area contributed by atoms with Crippen LogP contribution in [0.15, 0.2) is 57.3 Å². The number of benzene rings is 1. The normalized spacial score (nSPS) is 12.1. The molecule has 0 saturated heterocycles. The molecule has 0 aliphatic heterocycles. The highest BCUT2D eigenvalue weighted by molar-refractivity contribution is 7.99. The smallest absolute Gasteiger partial charge is 0.306 e. The quantitative estimate of drug-likeness (QED) is 0.492. The second-order valence-electron chi connectivity index (χ2n) is 5.92. The Balaban J connectivity index is 1.58. The first kappa shape index (κ1) is 18.7. The number of pyridine rings is 1. The summed E-state index contributed by atoms with van der Waals surface area (Å²) in [5, 5.41) is 0.758. The van der Waals surface area contributed by atoms with Gasteiger partial charge in [-0.1, -0.05) is 12.1 Å². The van der Waals surface area contributed by atoms with Crippen LogP contribution in [0.4, 0.5) is 0 Å². The number of aryl methyl sites for hydroxylation is 1. The van der Waals surface area contributed by atoms with E-state index >= 15 is 0 Å². The van der Waals surface area contributed by atoms with Crippen LogP contribution in [0.25, 0.3) is 11.0 Å². The van der Waals surface area contributed by atoms with E-state index in [0.717, 1.165) is 32.5 Å². The summed E-state index contributed by atoms with van der Waals surface area (Å²) in [7, 11) is -0.473. The Bertz CT molecular complexity index is 1050. The van der Waals surface area contributed by atoms with Crippen LogP contribution in [0, 0.1) is 0 Å². The van der Waals surface area contributed by atoms with Gasteiger partial charge in [-0.3, -0.25) is 4.57 Å². The molecule has 26 heavy (non-hydrogen) atoms. The molecule has 2 heterocycles. The van der Waals surface area contributed by atoms with Gasteiger partial charge in [0, 0.05) is 32.6 Å². The average molecular weight is 393 g/mol. The van der Waals surface area contributed by atoms with E-state index < -0.39 is 10.0 Å². The van der Waals surface area contributed by atoms with E-state index in [-0.39, 0.29) is 10.6 Å². The summed E-state index contributed by atoms with van der Waals surface area (Å²) in [4.78, 5) is 19.2. The fraction of sp³-hybridized carbons (Fsp3) is 0.294. The fourth-order valence-electron chi connectivity index (χ4n) is 2.54. The minimum absolute atomic E-state index is 0.104. The molecule has 0 radical (unpaired) electrons. The first-order valence-corrected chi connectivity index (χ1v) is 10.5. The third-order valence-corrected chi connectivity index (χ3v) is 6.77. The fourth-order valence-corrected chi connectivity index (χ4v) is 4.17. The molecule has 0 fully saturated rings. The van der Waals surface area contributed by atoms with Crippen LogP contribution in [0.2, 0.25) is 0 Å². The lowest BCUT2D eigenvalue weighted by atomic mass is 10.3. The van der Waals surface area contributed by atoms with E-state index in [1.54, 1.807) is 16.7 Å². The van der Waals surface area contributed by atoms with Gasteiger partial charge in [0.25, 0.3) is 0 Å². The van der Waals surface area contributed by atoms with Crippen molar-refractivity contribution in [2.75, 3.05) is 19.8 Å². The molecule has 0 amide bonds. The number of thioether (sulfide) groups is 1. The Labute approximate surface area is 156 Å². The zero-order chi connectivity index (χ0) is 18.7. The van der Waals surface area contributed by atoms with E-state index in [2.05, 4.69) is 9.97 Å². The maximum absolute atomic E-state index is 12.0. The Morgan fingerprint density at radius 1 is 1.19 bits per heavy atom. The minimum atomic E-state index is -3.45. The van der Waals surface area contributed by atoms with Crippen molar-refractivity contribution >= 4 is 32.8 Å². The summed E-state index contributed by atoms with van der Waals surface area (Å²) in [5.41, 5.74) is 1.64. The van der Waals surface area contributed by atoms with Crippen LogP contribution >= 0.6 is 11.8 Å². The topological polar surface area (TPSA) is 88.1 Å². The van der Waals surface area contributed by atoms with Crippen LogP contribution < -0.4 is 5.69 Å². The Morgan fingerprint density at radius 2 is 1.96 bits per heavy atom. The van der Waals surface area contributed by atoms with Gasteiger partial charge in [-0.05, 0) is 30.7 Å². The zero-order valence-corrected chi connectivity index (χ0v) is 16.2. The molecule has 3 rings (SSSR count). The number of imidazole rings is 1. The number of nitrogens with zero attached hydrogens (tertiary/aromatic N) is 3. The van der Waals surface area contributed by atoms with Gasteiger partial charge in [0.05, 0.1) is 16.1 Å². The Kier molecular flexibility index (Phi) is 5.49. The summed E-state index contributed by atoms with van der Waals surface area (Å²) in [5.74, 6) is 0.777. The third kappa shape index (κ3) is 3.84. The van der Waals surface area contributed by atoms with Crippen LogP contribution in [-0.4, -0.2) is 47.1 Å². The van der Waals surface area contributed by atoms with Crippen LogP contribution in [0.3, 0.4) is 0 Å². The van der Waals surface area contributed by atoms with E-state index in [1.807, 2.05) is 24.3 Å². The lowest BCUT2D eigenvalue weighted by Gasteiger charge is -2.11. The molecule has 1 N–H and O–H groups in total. The van der Waals surface area contributed by atoms with Gasteiger partial charge < -0.3 is 4.98 Å². The van der Waals surface area contributed by atoms with Crippen LogP contribution in [-0.2, 0) is 16.6 Å². The maximum atomic E-state index is 12.0. The maximum Gasteiger partial charge on any atom is 0.326 e. The lowest BCUT2D eigenvalue weighted by molar-refractivity contribution is 0.520. The number of aromatic amines is 1. The van der Waals surface area contributed by atoms with Crippen molar-refractivity contribution in [2.45, 2.75) is 22.9 Å². The molecule has 0 bridgehead atoms. The number of para-hydroxylation sites is 2. The zero-order valence-electron chi connectivity index (χ0n) is 14.5. The van der Waals surface area contributed by atoms with Crippen molar-refractivity contribution in [3.8, 4) is 0 Å². The van der Waals surface area contributed by atoms with E-state index in [0.29, 0.717) is 6.54 Å². The van der Waals surface area contributed by atoms with Gasteiger partial charge >= 0.3 is 5.69 Å². The molecule has 0 atom stereocenters. The van der Waals surface area contributed by atoms with Gasteiger partial charge in [-0.15, -0.1) is 11.8 Å². The number of hydrogen-bond donors (Lipinski definition) is 1. The highest BCUT2D eigenvalue weighted by Gasteiger charge is 2.17. The molecular formula is C17H20N4O3S2. The van der Waals surface area contributed by atoms with Gasteiger partial charge in [0.15, 0.2) is 0 Å². The van der Waals surface area contributed by atoms with Crippen LogP contribution in [0.1, 0.15) is 6.42 Å². The van der Waals surface area contributed by atoms with Gasteiger partial charge in [0.2, 0.25) is 10.0 Å². The number of hydrogen-bond acceptors (Lipinski definition) is 5. The second kappa shape index (κ2) is 7.65. The summed E-state index contributed by atoms with van der Waals surface area (Å²) < 4.78 is 26.9. The number of fused-ring (bicyclic) bond motifs is 1. The summed E-state index contributed by atoms with van der Waals surface area (Å²) in [6.45, 7) is 0.614. The molecule has 138 valence electrons. The monoisotopic (exact) mass is 392 g/mol. The molecule has 3 aromatic rings. The van der Waals surface area contributed by atoms with E-state index in [1.165, 1.54) is 32.1 Å². The van der Waals surface area contributed by atoms with Gasteiger partial charge in [-0.25, -0.2) is 22.5 Å². The predicted molar refractivity (Wildman–Crippen MR) is 103 cm³/mol. The summed E-state index contributed by atoms with van der Waals surface area (Å²) in [6, 6.07) is 10.9. The summed E-state index contributed by atoms with van der Waals surface area (Å²) >= 11 is 1.54. The molecule has 0 unspecified atom stereocenters. The molecule has 2 aromatic heterocycles. The third-order valence-electron chi connectivity index (χ3n) is 3.95. The molecular weight excluding hydrogens is 372 g/mol. The predicted octanol–water partition coefficient (Wildman–Crippen LogP) is 2.16. The summed E-state index contributed by atoms with van der Waals surface area (Å²) in [6.07, 6.45) is 2.17. The molecule has 0 aliphatic rings. The van der Waals surface area contributed by atoms with Crippen molar-refractivity contribution < 1.29 is 8.42 Å². The minimum Gasteiger partial charge on any atom is -0.306 e. The molecule has 0 aliphatic carbocycles.